The lowest BCUT2D eigenvalue weighted by molar-refractivity contribution is 0.259. The van der Waals surface area contributed by atoms with Crippen molar-refractivity contribution in [2.75, 3.05) is 13.2 Å². The first-order chi connectivity index (χ1) is 14.5. The van der Waals surface area contributed by atoms with E-state index in [1.54, 1.807) is 12.1 Å². The molecule has 1 aliphatic rings. The lowest BCUT2D eigenvalue weighted by Gasteiger charge is -2.20. The number of pyridine rings is 1. The second-order valence-electron chi connectivity index (χ2n) is 8.27. The number of halogens is 1. The molecule has 0 bridgehead atoms. The van der Waals surface area contributed by atoms with E-state index in [4.69, 9.17) is 0 Å². The van der Waals surface area contributed by atoms with Gasteiger partial charge in [0.05, 0.1) is 12.1 Å². The summed E-state index contributed by atoms with van der Waals surface area (Å²) in [6.07, 6.45) is 4.15. The number of fused-ring (bicyclic) bond motifs is 2. The number of hydrogen-bond donors (Lipinski definition) is 4. The molecule has 6 heteroatoms. The van der Waals surface area contributed by atoms with Crippen molar-refractivity contribution in [3.63, 3.8) is 0 Å². The zero-order chi connectivity index (χ0) is 21.3. The molecule has 166 valence electrons. The van der Waals surface area contributed by atoms with Gasteiger partial charge in [0, 0.05) is 30.0 Å². The van der Waals surface area contributed by atoms with Crippen LogP contribution in [0.3, 0.4) is 0 Å². The monoisotopic (exact) mass is 442 g/mol. The topological polar surface area (TPSA) is 85.3 Å². The van der Waals surface area contributed by atoms with Gasteiger partial charge < -0.3 is 20.5 Å². The average Bonchev–Trinajstić information content (AvgIpc) is 3.16. The van der Waals surface area contributed by atoms with Crippen LogP contribution in [0.5, 0.6) is 5.75 Å². The molecule has 4 N–H and O–H groups in total. The number of aromatic nitrogens is 1. The van der Waals surface area contributed by atoms with Gasteiger partial charge in [-0.15, -0.1) is 12.4 Å². The van der Waals surface area contributed by atoms with Crippen LogP contribution in [0.2, 0.25) is 0 Å². The fourth-order valence-corrected chi connectivity index (χ4v) is 4.77. The quantitative estimate of drug-likeness (QED) is 0.450. The zero-order valence-corrected chi connectivity index (χ0v) is 18.9. The Labute approximate surface area is 188 Å². The normalized spacial score (nSPS) is 14.4. The number of phenols is 1. The van der Waals surface area contributed by atoms with Crippen LogP contribution in [0.1, 0.15) is 47.6 Å². The van der Waals surface area contributed by atoms with Crippen molar-refractivity contribution < 1.29 is 10.2 Å². The summed E-state index contributed by atoms with van der Waals surface area (Å²) in [5, 5.41) is 24.6. The number of aromatic hydroxyl groups is 1. The highest BCUT2D eigenvalue weighted by Crippen LogP contribution is 2.31. The second-order valence-corrected chi connectivity index (χ2v) is 8.27. The summed E-state index contributed by atoms with van der Waals surface area (Å²) in [6.45, 7) is 5.06. The Morgan fingerprint density at radius 2 is 1.71 bits per heavy atom. The van der Waals surface area contributed by atoms with Crippen molar-refractivity contribution in [2.45, 2.75) is 51.5 Å². The number of rotatable bonds is 7. The van der Waals surface area contributed by atoms with Gasteiger partial charge in [0.25, 0.3) is 0 Å². The number of aliphatic hydroxyl groups excluding tert-OH is 1. The van der Waals surface area contributed by atoms with Gasteiger partial charge in [0.15, 0.2) is 0 Å². The number of benzene rings is 2. The molecular formula is C25H31ClN2O3. The van der Waals surface area contributed by atoms with Crippen LogP contribution in [-0.2, 0) is 25.7 Å². The zero-order valence-electron chi connectivity index (χ0n) is 18.1. The number of aliphatic hydroxyl groups is 1. The molecule has 0 radical (unpaired) electrons. The molecule has 0 saturated carbocycles. The van der Waals surface area contributed by atoms with Crippen molar-refractivity contribution in [3.8, 4) is 5.75 Å². The summed E-state index contributed by atoms with van der Waals surface area (Å²) in [5.41, 5.74) is 6.88. The fourth-order valence-electron chi connectivity index (χ4n) is 4.77. The highest BCUT2D eigenvalue weighted by molar-refractivity contribution is 5.87. The molecule has 0 spiro atoms. The van der Waals surface area contributed by atoms with Crippen molar-refractivity contribution in [1.29, 1.82) is 0 Å². The molecule has 1 heterocycles. The maximum atomic E-state index is 11.7. The molecule has 1 unspecified atom stereocenters. The highest BCUT2D eigenvalue weighted by atomic mass is 35.5. The summed E-state index contributed by atoms with van der Waals surface area (Å²) in [5.74, 6) is -0.0825. The van der Waals surface area contributed by atoms with E-state index in [9.17, 15) is 15.0 Å². The number of hydrogen-bond acceptors (Lipinski definition) is 4. The standard InChI is InChI=1S/C25H30N2O3.ClH/c1-3-15-9-17-11-20(12-18(17)10-16(15)4-2)26-13-19(14-28)21-5-7-23(29)25-22(21)6-8-24(30)27-25;/h5-10,19-20,26,28-29H,3-4,11-14H2,1-2H3,(H,27,30);1H. The van der Waals surface area contributed by atoms with E-state index in [-0.39, 0.29) is 36.2 Å². The summed E-state index contributed by atoms with van der Waals surface area (Å²) >= 11 is 0. The van der Waals surface area contributed by atoms with E-state index in [2.05, 4.69) is 36.3 Å². The third-order valence-corrected chi connectivity index (χ3v) is 6.44. The van der Waals surface area contributed by atoms with Crippen molar-refractivity contribution in [3.05, 3.63) is 74.6 Å². The van der Waals surface area contributed by atoms with Crippen LogP contribution >= 0.6 is 12.4 Å². The average molecular weight is 443 g/mol. The van der Waals surface area contributed by atoms with Crippen LogP contribution in [0, 0.1) is 0 Å². The Morgan fingerprint density at radius 3 is 2.29 bits per heavy atom. The minimum Gasteiger partial charge on any atom is -0.506 e. The number of aryl methyl sites for hydroxylation is 2. The Hall–Kier alpha value is -2.34. The molecular weight excluding hydrogens is 412 g/mol. The summed E-state index contributed by atoms with van der Waals surface area (Å²) in [7, 11) is 0. The number of aromatic amines is 1. The molecule has 2 aromatic carbocycles. The van der Waals surface area contributed by atoms with Crippen molar-refractivity contribution in [2.24, 2.45) is 0 Å². The fraction of sp³-hybridized carbons (Fsp3) is 0.400. The first-order valence-corrected chi connectivity index (χ1v) is 10.9. The lowest BCUT2D eigenvalue weighted by Crippen LogP contribution is -2.34. The highest BCUT2D eigenvalue weighted by Gasteiger charge is 2.24. The Morgan fingerprint density at radius 1 is 1.06 bits per heavy atom. The van der Waals surface area contributed by atoms with Gasteiger partial charge in [-0.3, -0.25) is 4.79 Å². The predicted molar refractivity (Wildman–Crippen MR) is 128 cm³/mol. The molecule has 4 rings (SSSR count). The second kappa shape index (κ2) is 9.86. The Bertz CT molecular complexity index is 1090. The third-order valence-electron chi connectivity index (χ3n) is 6.44. The van der Waals surface area contributed by atoms with E-state index in [1.165, 1.54) is 28.3 Å². The van der Waals surface area contributed by atoms with Gasteiger partial charge in [-0.2, -0.15) is 0 Å². The molecule has 0 fully saturated rings. The number of nitrogens with one attached hydrogen (secondary N) is 2. The van der Waals surface area contributed by atoms with E-state index in [1.807, 2.05) is 6.07 Å². The smallest absolute Gasteiger partial charge is 0.248 e. The van der Waals surface area contributed by atoms with E-state index in [0.29, 0.717) is 18.1 Å². The van der Waals surface area contributed by atoms with Crippen LogP contribution in [-0.4, -0.2) is 34.4 Å². The van der Waals surface area contributed by atoms with Crippen LogP contribution < -0.4 is 10.9 Å². The molecule has 0 aliphatic heterocycles. The summed E-state index contributed by atoms with van der Waals surface area (Å²) < 4.78 is 0. The third kappa shape index (κ3) is 4.64. The van der Waals surface area contributed by atoms with Gasteiger partial charge in [0.1, 0.15) is 5.75 Å². The maximum Gasteiger partial charge on any atom is 0.248 e. The first-order valence-electron chi connectivity index (χ1n) is 10.9. The minimum atomic E-state index is -0.254. The molecule has 5 nitrogen and oxygen atoms in total. The molecule has 3 aromatic rings. The van der Waals surface area contributed by atoms with Crippen LogP contribution in [0.15, 0.2) is 41.2 Å². The van der Waals surface area contributed by atoms with Crippen LogP contribution in [0.25, 0.3) is 10.9 Å². The van der Waals surface area contributed by atoms with Gasteiger partial charge in [0.2, 0.25) is 5.56 Å². The molecule has 31 heavy (non-hydrogen) atoms. The van der Waals surface area contributed by atoms with Crippen LogP contribution in [0.4, 0.5) is 0 Å². The predicted octanol–water partition coefficient (Wildman–Crippen LogP) is 3.61. The molecule has 0 amide bonds. The van der Waals surface area contributed by atoms with Gasteiger partial charge in [-0.25, -0.2) is 0 Å². The Kier molecular flexibility index (Phi) is 7.42. The summed E-state index contributed by atoms with van der Waals surface area (Å²) in [4.78, 5) is 14.4. The molecule has 1 atom stereocenters. The number of H-pyrrole nitrogens is 1. The maximum absolute atomic E-state index is 11.7. The lowest BCUT2D eigenvalue weighted by atomic mass is 9.94. The number of phenolic OH excluding ortho intramolecular Hbond substituents is 1. The van der Waals surface area contributed by atoms with Gasteiger partial charge in [-0.1, -0.05) is 32.0 Å². The first kappa shape index (κ1) is 23.3. The minimum absolute atomic E-state index is 0. The van der Waals surface area contributed by atoms with Gasteiger partial charge in [-0.05, 0) is 65.6 Å². The van der Waals surface area contributed by atoms with E-state index in [0.717, 1.165) is 36.6 Å². The van der Waals surface area contributed by atoms with Crippen molar-refractivity contribution in [1.82, 2.24) is 10.3 Å². The molecule has 1 aliphatic carbocycles. The molecule has 0 saturated heterocycles. The van der Waals surface area contributed by atoms with Gasteiger partial charge >= 0.3 is 0 Å². The van der Waals surface area contributed by atoms with E-state index >= 15 is 0 Å². The SMILES string of the molecule is CCc1cc2c(cc1CC)CC(NCC(CO)c1ccc(O)c3[nH]c(=O)ccc13)C2.Cl. The largest absolute Gasteiger partial charge is 0.506 e. The van der Waals surface area contributed by atoms with Crippen molar-refractivity contribution >= 4 is 23.3 Å². The van der Waals surface area contributed by atoms with E-state index < -0.39 is 0 Å². The molecule has 1 aromatic heterocycles. The Balaban J connectivity index is 0.00000272. The summed E-state index contributed by atoms with van der Waals surface area (Å²) in [6, 6.07) is 11.7.